The maximum atomic E-state index is 12.7. The fourth-order valence-corrected chi connectivity index (χ4v) is 4.57. The number of thioether (sulfide) groups is 1. The van der Waals surface area contributed by atoms with Gasteiger partial charge in [-0.2, -0.15) is 0 Å². The molecule has 2 aromatic carbocycles. The van der Waals surface area contributed by atoms with Crippen LogP contribution in [0.5, 0.6) is 17.2 Å². The highest BCUT2D eigenvalue weighted by molar-refractivity contribution is 14.1. The van der Waals surface area contributed by atoms with Crippen molar-refractivity contribution in [2.45, 2.75) is 0 Å². The molecule has 1 fully saturated rings. The molecule has 0 unspecified atom stereocenters. The smallest absolute Gasteiger partial charge is 0.293 e. The van der Waals surface area contributed by atoms with Gasteiger partial charge in [0.25, 0.3) is 11.1 Å². The zero-order chi connectivity index (χ0) is 22.4. The van der Waals surface area contributed by atoms with Gasteiger partial charge in [-0.1, -0.05) is 29.7 Å². The number of para-hydroxylation sites is 1. The number of terminal acetylenes is 1. The summed E-state index contributed by atoms with van der Waals surface area (Å²) in [7, 11) is 1.52. The van der Waals surface area contributed by atoms with Gasteiger partial charge in [-0.15, -0.1) is 6.42 Å². The van der Waals surface area contributed by atoms with Crippen molar-refractivity contribution in [3.05, 3.63) is 55.5 Å². The highest BCUT2D eigenvalue weighted by Crippen LogP contribution is 2.37. The fourth-order valence-electron chi connectivity index (χ4n) is 2.73. The van der Waals surface area contributed by atoms with Gasteiger partial charge in [0.2, 0.25) is 0 Å². The van der Waals surface area contributed by atoms with Crippen molar-refractivity contribution in [2.75, 3.05) is 26.9 Å². The van der Waals surface area contributed by atoms with Gasteiger partial charge in [0.05, 0.1) is 27.2 Å². The average molecular weight is 570 g/mol. The second kappa shape index (κ2) is 10.8. The Morgan fingerprint density at radius 2 is 2.00 bits per heavy atom. The molecule has 2 aromatic rings. The summed E-state index contributed by atoms with van der Waals surface area (Å²) in [6.45, 7) is 0.371. The molecule has 0 aromatic heterocycles. The fraction of sp³-hybridized carbons (Fsp3) is 0.182. The third-order valence-corrected chi connectivity index (χ3v) is 6.15. The molecule has 0 aliphatic carbocycles. The summed E-state index contributed by atoms with van der Waals surface area (Å²) in [4.78, 5) is 26.5. The molecule has 9 heteroatoms. The first-order valence-corrected chi connectivity index (χ1v) is 11.3. The minimum absolute atomic E-state index is 0.112. The van der Waals surface area contributed by atoms with Crippen molar-refractivity contribution in [3.63, 3.8) is 0 Å². The van der Waals surface area contributed by atoms with Crippen LogP contribution >= 0.6 is 46.0 Å². The van der Waals surface area contributed by atoms with Crippen molar-refractivity contribution in [1.82, 2.24) is 4.90 Å². The highest BCUT2D eigenvalue weighted by atomic mass is 127. The maximum absolute atomic E-state index is 12.7. The van der Waals surface area contributed by atoms with Crippen LogP contribution in [0, 0.1) is 15.9 Å². The van der Waals surface area contributed by atoms with Crippen LogP contribution in [0.1, 0.15) is 5.56 Å². The summed E-state index contributed by atoms with van der Waals surface area (Å²) in [6, 6.07) is 10.6. The molecule has 3 rings (SSSR count). The first-order valence-electron chi connectivity index (χ1n) is 9.01. The Morgan fingerprint density at radius 3 is 2.71 bits per heavy atom. The Bertz CT molecular complexity index is 1080. The van der Waals surface area contributed by atoms with E-state index in [1.807, 2.05) is 6.07 Å². The number of rotatable bonds is 8. The molecule has 0 atom stereocenters. The van der Waals surface area contributed by atoms with E-state index >= 15 is 0 Å². The Labute approximate surface area is 203 Å². The second-order valence-corrected chi connectivity index (χ2v) is 8.70. The number of imide groups is 1. The molecule has 0 radical (unpaired) electrons. The molecule has 1 aliphatic rings. The quantitative estimate of drug-likeness (QED) is 0.251. The van der Waals surface area contributed by atoms with E-state index in [2.05, 4.69) is 28.5 Å². The molecule has 2 amide bonds. The van der Waals surface area contributed by atoms with E-state index in [1.165, 1.54) is 7.11 Å². The Kier molecular flexibility index (Phi) is 8.12. The van der Waals surface area contributed by atoms with Gasteiger partial charge >= 0.3 is 0 Å². The Morgan fingerprint density at radius 1 is 1.23 bits per heavy atom. The molecule has 1 aliphatic heterocycles. The van der Waals surface area contributed by atoms with Crippen LogP contribution in [-0.4, -0.2) is 42.9 Å². The zero-order valence-corrected chi connectivity index (χ0v) is 20.1. The lowest BCUT2D eigenvalue weighted by Gasteiger charge is -2.14. The summed E-state index contributed by atoms with van der Waals surface area (Å²) in [5.74, 6) is 3.55. The standard InChI is InChI=1S/C22H17ClINO5S/c1-3-9-30-20-16(24)11-14(12-18(20)28-2)13-19-21(26)25(22(27)31-19)8-10-29-17-7-5-4-6-15(17)23/h1,4-7,11-13H,8-10H2,2H3/b19-13-. The van der Waals surface area contributed by atoms with Crippen LogP contribution in [0.4, 0.5) is 4.79 Å². The number of amides is 2. The van der Waals surface area contributed by atoms with Crippen molar-refractivity contribution < 1.29 is 23.8 Å². The minimum atomic E-state index is -0.376. The van der Waals surface area contributed by atoms with Crippen molar-refractivity contribution in [3.8, 4) is 29.6 Å². The largest absolute Gasteiger partial charge is 0.493 e. The molecule has 0 saturated carbocycles. The summed E-state index contributed by atoms with van der Waals surface area (Å²) < 4.78 is 17.3. The number of hydrogen-bond donors (Lipinski definition) is 0. The van der Waals surface area contributed by atoms with Crippen LogP contribution < -0.4 is 14.2 Å². The molecular formula is C22H17ClINO5S. The van der Waals surface area contributed by atoms with E-state index in [9.17, 15) is 9.59 Å². The van der Waals surface area contributed by atoms with E-state index in [0.29, 0.717) is 32.7 Å². The van der Waals surface area contributed by atoms with E-state index in [1.54, 1.807) is 36.4 Å². The number of carbonyl (C=O) groups is 2. The first kappa shape index (κ1) is 23.3. The average Bonchev–Trinajstić information content (AvgIpc) is 3.01. The van der Waals surface area contributed by atoms with Crippen LogP contribution in [-0.2, 0) is 4.79 Å². The zero-order valence-electron chi connectivity index (χ0n) is 16.4. The van der Waals surface area contributed by atoms with Crippen molar-refractivity contribution in [1.29, 1.82) is 0 Å². The predicted molar refractivity (Wildman–Crippen MR) is 130 cm³/mol. The molecule has 31 heavy (non-hydrogen) atoms. The molecule has 1 heterocycles. The molecule has 0 bridgehead atoms. The Hall–Kier alpha value is -2.35. The number of benzene rings is 2. The van der Waals surface area contributed by atoms with Crippen LogP contribution in [0.25, 0.3) is 6.08 Å². The van der Waals surface area contributed by atoms with Gasteiger partial charge in [-0.25, -0.2) is 0 Å². The van der Waals surface area contributed by atoms with Crippen molar-refractivity contribution >= 4 is 63.2 Å². The molecule has 160 valence electrons. The monoisotopic (exact) mass is 569 g/mol. The van der Waals surface area contributed by atoms with E-state index < -0.39 is 0 Å². The summed E-state index contributed by atoms with van der Waals surface area (Å²) in [6.07, 6.45) is 6.90. The molecule has 6 nitrogen and oxygen atoms in total. The van der Waals surface area contributed by atoms with Crippen LogP contribution in [0.15, 0.2) is 41.3 Å². The van der Waals surface area contributed by atoms with E-state index in [-0.39, 0.29) is 30.9 Å². The summed E-state index contributed by atoms with van der Waals surface area (Å²) >= 11 is 9.03. The van der Waals surface area contributed by atoms with Gasteiger partial charge in [0.1, 0.15) is 19.0 Å². The van der Waals surface area contributed by atoms with Crippen LogP contribution in [0.2, 0.25) is 5.02 Å². The summed E-state index contributed by atoms with van der Waals surface area (Å²) in [5, 5.41) is 0.115. The topological polar surface area (TPSA) is 65.1 Å². The van der Waals surface area contributed by atoms with Gasteiger partial charge in [-0.05, 0) is 70.3 Å². The molecule has 0 spiro atoms. The van der Waals surface area contributed by atoms with Crippen LogP contribution in [0.3, 0.4) is 0 Å². The first-order chi connectivity index (χ1) is 14.9. The molecular weight excluding hydrogens is 553 g/mol. The number of nitrogens with zero attached hydrogens (tertiary/aromatic N) is 1. The Balaban J connectivity index is 1.72. The van der Waals surface area contributed by atoms with E-state index in [0.717, 1.165) is 20.2 Å². The number of methoxy groups -OCH3 is 1. The SMILES string of the molecule is C#CCOc1c(I)cc(/C=C2\SC(=O)N(CCOc3ccccc3Cl)C2=O)cc1OC. The number of halogens is 2. The van der Waals surface area contributed by atoms with Gasteiger partial charge < -0.3 is 14.2 Å². The summed E-state index contributed by atoms with van der Waals surface area (Å²) in [5.41, 5.74) is 0.701. The number of carbonyl (C=O) groups excluding carboxylic acids is 2. The molecule has 0 N–H and O–H groups in total. The van der Waals surface area contributed by atoms with Gasteiger partial charge in [0.15, 0.2) is 11.5 Å². The number of ether oxygens (including phenoxy) is 3. The van der Waals surface area contributed by atoms with Crippen molar-refractivity contribution in [2.24, 2.45) is 0 Å². The normalized spacial score (nSPS) is 14.6. The lowest BCUT2D eigenvalue weighted by Crippen LogP contribution is -2.32. The number of hydrogen-bond acceptors (Lipinski definition) is 6. The predicted octanol–water partition coefficient (Wildman–Crippen LogP) is 5.08. The molecule has 1 saturated heterocycles. The third kappa shape index (κ3) is 5.67. The minimum Gasteiger partial charge on any atom is -0.493 e. The second-order valence-electron chi connectivity index (χ2n) is 6.14. The van der Waals surface area contributed by atoms with Gasteiger partial charge in [0, 0.05) is 0 Å². The lowest BCUT2D eigenvalue weighted by molar-refractivity contribution is -0.123. The third-order valence-electron chi connectivity index (χ3n) is 4.13. The highest BCUT2D eigenvalue weighted by Gasteiger charge is 2.35. The van der Waals surface area contributed by atoms with Gasteiger partial charge in [-0.3, -0.25) is 14.5 Å². The lowest BCUT2D eigenvalue weighted by atomic mass is 10.2. The van der Waals surface area contributed by atoms with E-state index in [4.69, 9.17) is 32.2 Å². The maximum Gasteiger partial charge on any atom is 0.293 e.